The van der Waals surface area contributed by atoms with E-state index in [4.69, 9.17) is 5.10 Å². The molecule has 4 aromatic rings. The van der Waals surface area contributed by atoms with Crippen LogP contribution in [0, 0.1) is 6.92 Å². The number of aromatic carboxylic acids is 1. The SMILES string of the molecule is CC(=O)c1ccc(-c2c(C)c(-c3ccccc3)nn2-c2nc(C(=O)O)cs2)cc1. The van der Waals surface area contributed by atoms with Crippen LogP contribution < -0.4 is 0 Å². The Balaban J connectivity index is 1.92. The van der Waals surface area contributed by atoms with E-state index in [1.54, 1.807) is 16.8 Å². The van der Waals surface area contributed by atoms with Crippen molar-refractivity contribution in [2.24, 2.45) is 0 Å². The molecule has 2 aromatic heterocycles. The highest BCUT2D eigenvalue weighted by molar-refractivity contribution is 7.12. The topological polar surface area (TPSA) is 85.1 Å². The Kier molecular flexibility index (Phi) is 4.82. The largest absolute Gasteiger partial charge is 0.476 e. The Morgan fingerprint density at radius 2 is 1.69 bits per heavy atom. The summed E-state index contributed by atoms with van der Waals surface area (Å²) in [6.07, 6.45) is 0. The predicted octanol–water partition coefficient (Wildman–Crippen LogP) is 4.87. The standard InChI is InChI=1S/C22H17N3O3S/c1-13-19(16-6-4-3-5-7-16)24-25(22-23-18(12-29-22)21(27)28)20(13)17-10-8-15(9-11-17)14(2)26/h3-12H,1-2H3,(H,27,28). The summed E-state index contributed by atoms with van der Waals surface area (Å²) in [4.78, 5) is 27.1. The highest BCUT2D eigenvalue weighted by atomic mass is 32.1. The van der Waals surface area contributed by atoms with Crippen molar-refractivity contribution in [2.45, 2.75) is 13.8 Å². The molecule has 0 saturated heterocycles. The van der Waals surface area contributed by atoms with Gasteiger partial charge in [-0.3, -0.25) is 4.79 Å². The van der Waals surface area contributed by atoms with Crippen LogP contribution in [0.4, 0.5) is 0 Å². The van der Waals surface area contributed by atoms with Crippen molar-refractivity contribution in [1.29, 1.82) is 0 Å². The van der Waals surface area contributed by atoms with E-state index in [1.807, 2.05) is 49.4 Å². The lowest BCUT2D eigenvalue weighted by atomic mass is 10.0. The van der Waals surface area contributed by atoms with Crippen molar-refractivity contribution in [3.63, 3.8) is 0 Å². The summed E-state index contributed by atoms with van der Waals surface area (Å²) < 4.78 is 1.68. The van der Waals surface area contributed by atoms with Gasteiger partial charge >= 0.3 is 5.97 Å². The fourth-order valence-electron chi connectivity index (χ4n) is 3.17. The summed E-state index contributed by atoms with van der Waals surface area (Å²) in [5, 5.41) is 16.0. The lowest BCUT2D eigenvalue weighted by Crippen LogP contribution is -2.02. The molecular weight excluding hydrogens is 386 g/mol. The van der Waals surface area contributed by atoms with Crippen LogP contribution in [0.3, 0.4) is 0 Å². The highest BCUT2D eigenvalue weighted by Gasteiger charge is 2.21. The minimum absolute atomic E-state index is 0.00206. The van der Waals surface area contributed by atoms with Gasteiger partial charge in [-0.2, -0.15) is 5.10 Å². The Labute approximate surface area is 171 Å². The van der Waals surface area contributed by atoms with Crippen molar-refractivity contribution in [2.75, 3.05) is 0 Å². The highest BCUT2D eigenvalue weighted by Crippen LogP contribution is 2.34. The molecule has 6 nitrogen and oxygen atoms in total. The number of Topliss-reactive ketones (excluding diaryl/α,β-unsaturated/α-hetero) is 1. The molecule has 1 N–H and O–H groups in total. The number of hydrogen-bond acceptors (Lipinski definition) is 5. The number of carbonyl (C=O) groups is 2. The number of carbonyl (C=O) groups excluding carboxylic acids is 1. The second-order valence-electron chi connectivity index (χ2n) is 6.55. The van der Waals surface area contributed by atoms with Crippen molar-refractivity contribution < 1.29 is 14.7 Å². The Bertz CT molecular complexity index is 1210. The number of benzene rings is 2. The summed E-state index contributed by atoms with van der Waals surface area (Å²) >= 11 is 1.22. The number of ketones is 1. The lowest BCUT2D eigenvalue weighted by Gasteiger charge is -2.07. The van der Waals surface area contributed by atoms with Crippen LogP contribution in [-0.2, 0) is 0 Å². The van der Waals surface area contributed by atoms with E-state index in [0.717, 1.165) is 28.1 Å². The fraction of sp³-hybridized carbons (Fsp3) is 0.0909. The zero-order valence-electron chi connectivity index (χ0n) is 15.8. The molecule has 0 aliphatic heterocycles. The smallest absolute Gasteiger partial charge is 0.355 e. The van der Waals surface area contributed by atoms with Crippen LogP contribution in [0.5, 0.6) is 0 Å². The van der Waals surface area contributed by atoms with Crippen LogP contribution in [0.1, 0.15) is 33.3 Å². The number of carboxylic acids is 1. The van der Waals surface area contributed by atoms with E-state index in [9.17, 15) is 14.7 Å². The first-order valence-corrected chi connectivity index (χ1v) is 9.79. The molecule has 0 spiro atoms. The number of carboxylic acid groups (broad SMARTS) is 1. The molecule has 2 aromatic carbocycles. The molecule has 0 amide bonds. The summed E-state index contributed by atoms with van der Waals surface area (Å²) in [6.45, 7) is 3.51. The molecule has 4 rings (SSSR count). The maximum atomic E-state index is 11.6. The Morgan fingerprint density at radius 1 is 1.00 bits per heavy atom. The van der Waals surface area contributed by atoms with Crippen LogP contribution in [0.15, 0.2) is 60.0 Å². The van der Waals surface area contributed by atoms with E-state index < -0.39 is 5.97 Å². The van der Waals surface area contributed by atoms with Crippen LogP contribution in [0.2, 0.25) is 0 Å². The average Bonchev–Trinajstić information content (AvgIpc) is 3.34. The fourth-order valence-corrected chi connectivity index (χ4v) is 3.92. The molecule has 29 heavy (non-hydrogen) atoms. The summed E-state index contributed by atoms with van der Waals surface area (Å²) in [6, 6.07) is 17.1. The number of nitrogens with zero attached hydrogens (tertiary/aromatic N) is 3. The molecule has 0 aliphatic carbocycles. The molecule has 0 fully saturated rings. The molecule has 2 heterocycles. The molecule has 0 aliphatic rings. The lowest BCUT2D eigenvalue weighted by molar-refractivity contribution is 0.0691. The minimum atomic E-state index is -1.08. The third-order valence-corrected chi connectivity index (χ3v) is 5.44. The first-order chi connectivity index (χ1) is 14.0. The van der Waals surface area contributed by atoms with E-state index in [2.05, 4.69) is 4.98 Å². The van der Waals surface area contributed by atoms with Crippen LogP contribution in [-0.4, -0.2) is 31.6 Å². The van der Waals surface area contributed by atoms with Crippen LogP contribution in [0.25, 0.3) is 27.6 Å². The molecule has 7 heteroatoms. The predicted molar refractivity (Wildman–Crippen MR) is 112 cm³/mol. The number of aromatic nitrogens is 3. The van der Waals surface area contributed by atoms with Gasteiger partial charge in [0.1, 0.15) is 0 Å². The van der Waals surface area contributed by atoms with E-state index in [0.29, 0.717) is 10.7 Å². The van der Waals surface area contributed by atoms with Gasteiger partial charge in [-0.05, 0) is 13.8 Å². The van der Waals surface area contributed by atoms with E-state index in [1.165, 1.54) is 23.6 Å². The average molecular weight is 403 g/mol. The zero-order valence-corrected chi connectivity index (χ0v) is 16.6. The summed E-state index contributed by atoms with van der Waals surface area (Å²) in [5.41, 5.74) is 4.99. The molecule has 0 bridgehead atoms. The van der Waals surface area contributed by atoms with Crippen molar-refractivity contribution in [3.05, 3.63) is 76.8 Å². The third kappa shape index (κ3) is 3.48. The summed E-state index contributed by atoms with van der Waals surface area (Å²) in [5.74, 6) is -1.08. The van der Waals surface area contributed by atoms with Crippen molar-refractivity contribution in [1.82, 2.24) is 14.8 Å². The van der Waals surface area contributed by atoms with Gasteiger partial charge in [-0.25, -0.2) is 14.5 Å². The molecule has 0 radical (unpaired) electrons. The number of rotatable bonds is 5. The van der Waals surface area contributed by atoms with Crippen molar-refractivity contribution in [3.8, 4) is 27.6 Å². The Morgan fingerprint density at radius 3 is 2.28 bits per heavy atom. The second-order valence-corrected chi connectivity index (χ2v) is 7.39. The second kappa shape index (κ2) is 7.44. The number of thiazole rings is 1. The monoisotopic (exact) mass is 403 g/mol. The molecule has 144 valence electrons. The van der Waals surface area contributed by atoms with Gasteiger partial charge in [0.2, 0.25) is 5.13 Å². The maximum Gasteiger partial charge on any atom is 0.355 e. The number of hydrogen-bond donors (Lipinski definition) is 1. The van der Waals surface area contributed by atoms with Gasteiger partial charge in [-0.1, -0.05) is 54.6 Å². The first-order valence-electron chi connectivity index (χ1n) is 8.91. The van der Waals surface area contributed by atoms with Gasteiger partial charge in [0.25, 0.3) is 0 Å². The first kappa shape index (κ1) is 18.8. The quantitative estimate of drug-likeness (QED) is 0.481. The third-order valence-electron chi connectivity index (χ3n) is 4.63. The van der Waals surface area contributed by atoms with Gasteiger partial charge in [0.05, 0.1) is 11.4 Å². The molecule has 0 atom stereocenters. The minimum Gasteiger partial charge on any atom is -0.476 e. The zero-order chi connectivity index (χ0) is 20.5. The Hall–Kier alpha value is -3.58. The van der Waals surface area contributed by atoms with E-state index >= 15 is 0 Å². The van der Waals surface area contributed by atoms with Crippen LogP contribution >= 0.6 is 11.3 Å². The van der Waals surface area contributed by atoms with Gasteiger partial charge in [0.15, 0.2) is 11.5 Å². The van der Waals surface area contributed by atoms with Gasteiger partial charge < -0.3 is 5.11 Å². The summed E-state index contributed by atoms with van der Waals surface area (Å²) in [7, 11) is 0. The molecule has 0 saturated carbocycles. The maximum absolute atomic E-state index is 11.6. The van der Waals surface area contributed by atoms with Gasteiger partial charge in [-0.15, -0.1) is 11.3 Å². The molecule has 0 unspecified atom stereocenters. The van der Waals surface area contributed by atoms with E-state index in [-0.39, 0.29) is 11.5 Å². The molecular formula is C22H17N3O3S. The van der Waals surface area contributed by atoms with Crippen molar-refractivity contribution >= 4 is 23.1 Å². The normalized spacial score (nSPS) is 10.8. The van der Waals surface area contributed by atoms with Gasteiger partial charge in [0, 0.05) is 27.6 Å².